The number of aryl methyl sites for hydroxylation is 2. The summed E-state index contributed by atoms with van der Waals surface area (Å²) in [6, 6.07) is 13.7. The lowest BCUT2D eigenvalue weighted by Gasteiger charge is -2.34. The third kappa shape index (κ3) is 3.12. The molecule has 0 spiro atoms. The van der Waals surface area contributed by atoms with Crippen LogP contribution in [0, 0.1) is 13.8 Å². The number of carboxylic acid groups (broad SMARTS) is 1. The van der Waals surface area contributed by atoms with E-state index in [2.05, 4.69) is 5.16 Å². The molecule has 3 aromatic rings. The minimum absolute atomic E-state index is 0.0619. The van der Waals surface area contributed by atoms with Crippen molar-refractivity contribution in [2.45, 2.75) is 32.4 Å². The second-order valence-corrected chi connectivity index (χ2v) is 7.32. The summed E-state index contributed by atoms with van der Waals surface area (Å²) < 4.78 is 10.3. The summed E-state index contributed by atoms with van der Waals surface area (Å²) in [5.74, 6) is -0.585. The predicted octanol–water partition coefficient (Wildman–Crippen LogP) is 4.13. The van der Waals surface area contributed by atoms with E-state index >= 15 is 0 Å². The molecule has 1 aromatic heterocycles. The molecule has 0 aliphatic heterocycles. The van der Waals surface area contributed by atoms with Gasteiger partial charge < -0.3 is 14.4 Å². The van der Waals surface area contributed by atoms with Crippen LogP contribution in [0.1, 0.15) is 34.2 Å². The molecule has 1 amide bonds. The Morgan fingerprint density at radius 1 is 1.10 bits per heavy atom. The molecule has 0 saturated heterocycles. The minimum Gasteiger partial charge on any atom is -0.480 e. The minimum atomic E-state index is -1.17. The smallest absolute Gasteiger partial charge is 0.411 e. The number of fused-ring (bicyclic) bond motifs is 3. The number of hydrogen-bond donors (Lipinski definition) is 1. The van der Waals surface area contributed by atoms with Gasteiger partial charge in [0.2, 0.25) is 0 Å². The first kappa shape index (κ1) is 19.7. The Bertz CT molecular complexity index is 1060. The first-order valence-corrected chi connectivity index (χ1v) is 9.63. The van der Waals surface area contributed by atoms with Gasteiger partial charge in [0.05, 0.1) is 18.8 Å². The number of ether oxygens (including phenoxy) is 1. The average Bonchev–Trinajstić information content (AvgIpc) is 3.25. The van der Waals surface area contributed by atoms with Crippen molar-refractivity contribution in [3.05, 3.63) is 76.7 Å². The SMILES string of the molecule is COC(=O)N(C(Cc1c(C)noc1C)C(=O)O)C1c2ccccc2-c2ccccc21. The molecule has 1 aliphatic carbocycles. The molecule has 7 heteroatoms. The molecule has 1 N–H and O–H groups in total. The Hall–Kier alpha value is -3.61. The quantitative estimate of drug-likeness (QED) is 0.685. The summed E-state index contributed by atoms with van der Waals surface area (Å²) in [5, 5.41) is 14.0. The third-order valence-electron chi connectivity index (χ3n) is 5.66. The molecule has 0 saturated carbocycles. The van der Waals surface area contributed by atoms with Gasteiger partial charge in [0.15, 0.2) is 0 Å². The van der Waals surface area contributed by atoms with Crippen LogP contribution in [0.4, 0.5) is 4.79 Å². The molecule has 30 heavy (non-hydrogen) atoms. The van der Waals surface area contributed by atoms with E-state index in [-0.39, 0.29) is 6.42 Å². The number of aliphatic carboxylic acids is 1. The lowest BCUT2D eigenvalue weighted by Crippen LogP contribution is -2.48. The number of hydrogen-bond acceptors (Lipinski definition) is 5. The first-order chi connectivity index (χ1) is 14.4. The van der Waals surface area contributed by atoms with E-state index < -0.39 is 24.1 Å². The number of nitrogens with zero attached hydrogens (tertiary/aromatic N) is 2. The van der Waals surface area contributed by atoms with Crippen molar-refractivity contribution in [1.29, 1.82) is 0 Å². The molecular formula is C23H22N2O5. The molecule has 0 fully saturated rings. The van der Waals surface area contributed by atoms with Gasteiger partial charge in [0.25, 0.3) is 0 Å². The largest absolute Gasteiger partial charge is 0.480 e. The number of aromatic nitrogens is 1. The molecule has 0 bridgehead atoms. The molecule has 2 aromatic carbocycles. The van der Waals surface area contributed by atoms with Crippen LogP contribution in [0.3, 0.4) is 0 Å². The van der Waals surface area contributed by atoms with Crippen molar-refractivity contribution in [3.8, 4) is 11.1 Å². The van der Waals surface area contributed by atoms with Crippen molar-refractivity contribution in [3.63, 3.8) is 0 Å². The number of carboxylic acids is 1. The van der Waals surface area contributed by atoms with E-state index in [1.807, 2.05) is 48.5 Å². The maximum atomic E-state index is 13.0. The highest BCUT2D eigenvalue weighted by Gasteiger charge is 2.42. The number of amides is 1. The fourth-order valence-corrected chi connectivity index (χ4v) is 4.24. The number of carbonyl (C=O) groups excluding carboxylic acids is 1. The van der Waals surface area contributed by atoms with E-state index in [9.17, 15) is 14.7 Å². The highest BCUT2D eigenvalue weighted by Crippen LogP contribution is 2.47. The van der Waals surface area contributed by atoms with Gasteiger partial charge in [-0.2, -0.15) is 0 Å². The zero-order valence-corrected chi connectivity index (χ0v) is 17.0. The standard InChI is InChI=1S/C23H22N2O5/c1-13-19(14(2)30-24-13)12-20(22(26)27)25(23(28)29-3)21-17-10-6-4-8-15(17)16-9-5-7-11-18(16)21/h4-11,20-21H,12H2,1-3H3,(H,26,27). The van der Waals surface area contributed by atoms with Gasteiger partial charge >= 0.3 is 12.1 Å². The Morgan fingerprint density at radius 3 is 2.13 bits per heavy atom. The van der Waals surface area contributed by atoms with Gasteiger partial charge in [-0.05, 0) is 36.1 Å². The van der Waals surface area contributed by atoms with E-state index in [0.29, 0.717) is 17.0 Å². The van der Waals surface area contributed by atoms with Crippen LogP contribution >= 0.6 is 0 Å². The molecule has 1 heterocycles. The van der Waals surface area contributed by atoms with E-state index in [1.54, 1.807) is 13.8 Å². The molecule has 1 unspecified atom stereocenters. The molecule has 1 aliphatic rings. The summed E-state index contributed by atoms with van der Waals surface area (Å²) in [6.45, 7) is 3.49. The van der Waals surface area contributed by atoms with Crippen molar-refractivity contribution >= 4 is 12.1 Å². The second kappa shape index (κ2) is 7.67. The van der Waals surface area contributed by atoms with E-state index in [0.717, 1.165) is 22.3 Å². The molecule has 1 atom stereocenters. The number of benzene rings is 2. The summed E-state index contributed by atoms with van der Waals surface area (Å²) in [5.41, 5.74) is 4.98. The summed E-state index contributed by atoms with van der Waals surface area (Å²) in [6.07, 6.45) is -0.641. The van der Waals surface area contributed by atoms with Crippen LogP contribution in [-0.2, 0) is 16.0 Å². The lowest BCUT2D eigenvalue weighted by molar-refractivity contribution is -0.143. The van der Waals surface area contributed by atoms with Gasteiger partial charge in [-0.25, -0.2) is 9.59 Å². The Labute approximate surface area is 173 Å². The lowest BCUT2D eigenvalue weighted by atomic mass is 9.97. The Kier molecular flexibility index (Phi) is 5.03. The van der Waals surface area contributed by atoms with Crippen LogP contribution < -0.4 is 0 Å². The zero-order chi connectivity index (χ0) is 21.4. The van der Waals surface area contributed by atoms with Crippen LogP contribution in [0.15, 0.2) is 53.1 Å². The topological polar surface area (TPSA) is 92.9 Å². The maximum Gasteiger partial charge on any atom is 0.411 e. The second-order valence-electron chi connectivity index (χ2n) is 7.32. The summed E-state index contributed by atoms with van der Waals surface area (Å²) >= 11 is 0. The van der Waals surface area contributed by atoms with Crippen molar-refractivity contribution < 1.29 is 24.0 Å². The van der Waals surface area contributed by atoms with Crippen LogP contribution in [-0.4, -0.2) is 40.4 Å². The fourth-order valence-electron chi connectivity index (χ4n) is 4.24. The number of rotatable bonds is 5. The van der Waals surface area contributed by atoms with Crippen molar-refractivity contribution in [2.24, 2.45) is 0 Å². The molecule has 4 rings (SSSR count). The Balaban J connectivity index is 1.87. The van der Waals surface area contributed by atoms with Gasteiger partial charge in [-0.1, -0.05) is 53.7 Å². The summed E-state index contributed by atoms with van der Waals surface area (Å²) in [7, 11) is 1.26. The molecule has 7 nitrogen and oxygen atoms in total. The van der Waals surface area contributed by atoms with Gasteiger partial charge in [-0.3, -0.25) is 4.90 Å². The first-order valence-electron chi connectivity index (χ1n) is 9.63. The van der Waals surface area contributed by atoms with Crippen LogP contribution in [0.25, 0.3) is 11.1 Å². The number of methoxy groups -OCH3 is 1. The molecule has 154 valence electrons. The third-order valence-corrected chi connectivity index (χ3v) is 5.66. The highest BCUT2D eigenvalue weighted by atomic mass is 16.5. The van der Waals surface area contributed by atoms with Crippen LogP contribution in [0.5, 0.6) is 0 Å². The van der Waals surface area contributed by atoms with E-state index in [4.69, 9.17) is 9.26 Å². The van der Waals surface area contributed by atoms with E-state index in [1.165, 1.54) is 12.0 Å². The maximum absolute atomic E-state index is 13.0. The monoisotopic (exact) mass is 406 g/mol. The highest BCUT2D eigenvalue weighted by molar-refractivity contribution is 5.85. The average molecular weight is 406 g/mol. The number of carbonyl (C=O) groups is 2. The normalized spacial score (nSPS) is 13.4. The Morgan fingerprint density at radius 2 is 1.67 bits per heavy atom. The van der Waals surface area contributed by atoms with Crippen LogP contribution in [0.2, 0.25) is 0 Å². The molecular weight excluding hydrogens is 384 g/mol. The van der Waals surface area contributed by atoms with Gasteiger partial charge in [-0.15, -0.1) is 0 Å². The van der Waals surface area contributed by atoms with Gasteiger partial charge in [0.1, 0.15) is 11.8 Å². The zero-order valence-electron chi connectivity index (χ0n) is 17.0. The van der Waals surface area contributed by atoms with Gasteiger partial charge in [0, 0.05) is 12.0 Å². The van der Waals surface area contributed by atoms with Crippen molar-refractivity contribution in [2.75, 3.05) is 7.11 Å². The van der Waals surface area contributed by atoms with Crippen molar-refractivity contribution in [1.82, 2.24) is 10.1 Å². The fraction of sp³-hybridized carbons (Fsp3) is 0.261. The summed E-state index contributed by atoms with van der Waals surface area (Å²) in [4.78, 5) is 26.7. The predicted molar refractivity (Wildman–Crippen MR) is 109 cm³/mol. The molecule has 0 radical (unpaired) electrons.